The maximum absolute atomic E-state index is 6.29. The van der Waals surface area contributed by atoms with Gasteiger partial charge >= 0.3 is 0 Å². The second kappa shape index (κ2) is 4.94. The summed E-state index contributed by atoms with van der Waals surface area (Å²) in [5.74, 6) is 1.80. The summed E-state index contributed by atoms with van der Waals surface area (Å²) in [6, 6.07) is 0. The van der Waals surface area contributed by atoms with Crippen molar-refractivity contribution >= 4 is 15.9 Å². The number of rotatable bonds is 1. The van der Waals surface area contributed by atoms with Crippen LogP contribution in [-0.4, -0.2) is 34.6 Å². The fourth-order valence-corrected chi connectivity index (χ4v) is 3.78. The Kier molecular flexibility index (Phi) is 3.47. The van der Waals surface area contributed by atoms with E-state index in [-0.39, 0.29) is 6.17 Å². The monoisotopic (exact) mass is 312 g/mol. The van der Waals surface area contributed by atoms with Gasteiger partial charge in [0.25, 0.3) is 0 Å². The van der Waals surface area contributed by atoms with Crippen molar-refractivity contribution in [2.45, 2.75) is 44.2 Å². The van der Waals surface area contributed by atoms with Gasteiger partial charge < -0.3 is 15.2 Å². The van der Waals surface area contributed by atoms with Crippen molar-refractivity contribution < 1.29 is 0 Å². The highest BCUT2D eigenvalue weighted by Crippen LogP contribution is 2.35. The van der Waals surface area contributed by atoms with Gasteiger partial charge in [0, 0.05) is 5.92 Å². The molecule has 0 aromatic carbocycles. The van der Waals surface area contributed by atoms with Crippen molar-refractivity contribution in [2.75, 3.05) is 20.1 Å². The summed E-state index contributed by atoms with van der Waals surface area (Å²) in [5, 5.41) is 0. The molecule has 3 rings (SSSR count). The number of piperidine rings is 1. The van der Waals surface area contributed by atoms with Crippen LogP contribution in [0.4, 0.5) is 0 Å². The van der Waals surface area contributed by atoms with Gasteiger partial charge in [0.2, 0.25) is 0 Å². The minimum Gasteiger partial charge on any atom is -0.315 e. The van der Waals surface area contributed by atoms with Gasteiger partial charge in [-0.15, -0.1) is 0 Å². The Labute approximate surface area is 117 Å². The molecule has 1 aromatic rings. The van der Waals surface area contributed by atoms with Gasteiger partial charge in [-0.2, -0.15) is 0 Å². The summed E-state index contributed by atoms with van der Waals surface area (Å²) in [6.45, 7) is 2.33. The van der Waals surface area contributed by atoms with E-state index in [4.69, 9.17) is 10.7 Å². The fraction of sp³-hybridized carbons (Fsp3) is 0.769. The third kappa shape index (κ3) is 2.12. The molecule has 3 heterocycles. The zero-order valence-corrected chi connectivity index (χ0v) is 12.5. The normalized spacial score (nSPS) is 26.3. The first-order valence-electron chi connectivity index (χ1n) is 6.87. The van der Waals surface area contributed by atoms with Crippen LogP contribution in [0.5, 0.6) is 0 Å². The lowest BCUT2D eigenvalue weighted by molar-refractivity contribution is 0.244. The van der Waals surface area contributed by atoms with Crippen molar-refractivity contribution in [3.8, 4) is 0 Å². The van der Waals surface area contributed by atoms with E-state index in [1.165, 1.54) is 43.9 Å². The molecule has 2 N–H and O–H groups in total. The molecular weight excluding hydrogens is 292 g/mol. The van der Waals surface area contributed by atoms with Crippen molar-refractivity contribution in [3.05, 3.63) is 16.1 Å². The zero-order chi connectivity index (χ0) is 12.7. The van der Waals surface area contributed by atoms with Gasteiger partial charge in [0.05, 0.1) is 11.9 Å². The number of nitrogens with two attached hydrogens (primary N) is 1. The molecule has 1 unspecified atom stereocenters. The molecule has 0 bridgehead atoms. The molecule has 18 heavy (non-hydrogen) atoms. The average molecular weight is 313 g/mol. The van der Waals surface area contributed by atoms with Gasteiger partial charge in [-0.3, -0.25) is 0 Å². The largest absolute Gasteiger partial charge is 0.315 e. The van der Waals surface area contributed by atoms with Gasteiger partial charge in [0.15, 0.2) is 0 Å². The summed E-state index contributed by atoms with van der Waals surface area (Å²) in [4.78, 5) is 7.17. The Balaban J connectivity index is 1.92. The van der Waals surface area contributed by atoms with Crippen LogP contribution in [0.15, 0.2) is 4.60 Å². The molecule has 2 aliphatic heterocycles. The van der Waals surface area contributed by atoms with Crippen LogP contribution in [0.1, 0.15) is 49.3 Å². The van der Waals surface area contributed by atoms with Gasteiger partial charge in [-0.25, -0.2) is 4.98 Å². The van der Waals surface area contributed by atoms with Gasteiger partial charge in [-0.1, -0.05) is 0 Å². The Bertz CT molecular complexity index is 434. The lowest BCUT2D eigenvalue weighted by atomic mass is 9.95. The number of nitrogens with zero attached hydrogens (tertiary/aromatic N) is 3. The maximum Gasteiger partial charge on any atom is 0.127 e. The van der Waals surface area contributed by atoms with Crippen LogP contribution in [0.3, 0.4) is 0 Å². The highest BCUT2D eigenvalue weighted by molar-refractivity contribution is 9.10. The topological polar surface area (TPSA) is 47.1 Å². The number of fused-ring (bicyclic) bond motifs is 1. The summed E-state index contributed by atoms with van der Waals surface area (Å²) >= 11 is 3.61. The second-order valence-corrected chi connectivity index (χ2v) is 6.37. The molecule has 1 fully saturated rings. The van der Waals surface area contributed by atoms with Crippen molar-refractivity contribution in [1.29, 1.82) is 0 Å². The van der Waals surface area contributed by atoms with E-state index in [1.54, 1.807) is 0 Å². The molecule has 0 radical (unpaired) electrons. The predicted octanol–water partition coefficient (Wildman–Crippen LogP) is 2.25. The first-order valence-corrected chi connectivity index (χ1v) is 7.66. The quantitative estimate of drug-likeness (QED) is 0.865. The first kappa shape index (κ1) is 12.6. The standard InChI is InChI=1S/C13H21BrN4/c1-17-7-5-9(6-8-17)13-16-12(14)10-3-2-4-11(15)18(10)13/h9,11H,2-8,15H2,1H3. The number of hydrogen-bond donors (Lipinski definition) is 1. The molecule has 2 aliphatic rings. The van der Waals surface area contributed by atoms with E-state index in [0.29, 0.717) is 5.92 Å². The third-order valence-corrected chi connectivity index (χ3v) is 4.95. The average Bonchev–Trinajstić information content (AvgIpc) is 2.70. The molecule has 4 nitrogen and oxygen atoms in total. The highest BCUT2D eigenvalue weighted by atomic mass is 79.9. The number of likely N-dealkylation sites (tertiary alicyclic amines) is 1. The summed E-state index contributed by atoms with van der Waals surface area (Å²) in [5.41, 5.74) is 7.59. The number of aromatic nitrogens is 2. The van der Waals surface area contributed by atoms with E-state index in [0.717, 1.165) is 17.4 Å². The smallest absolute Gasteiger partial charge is 0.127 e. The van der Waals surface area contributed by atoms with E-state index >= 15 is 0 Å². The van der Waals surface area contributed by atoms with E-state index in [1.807, 2.05) is 0 Å². The Morgan fingerprint density at radius 3 is 2.72 bits per heavy atom. The van der Waals surface area contributed by atoms with Crippen molar-refractivity contribution in [2.24, 2.45) is 5.73 Å². The van der Waals surface area contributed by atoms with Crippen LogP contribution < -0.4 is 5.73 Å². The van der Waals surface area contributed by atoms with Crippen LogP contribution in [0.25, 0.3) is 0 Å². The van der Waals surface area contributed by atoms with Gasteiger partial charge in [-0.05, 0) is 68.2 Å². The summed E-state index contributed by atoms with van der Waals surface area (Å²) in [7, 11) is 2.19. The summed E-state index contributed by atoms with van der Waals surface area (Å²) in [6.07, 6.45) is 5.89. The lowest BCUT2D eigenvalue weighted by Crippen LogP contribution is -2.32. The van der Waals surface area contributed by atoms with E-state index < -0.39 is 0 Å². The molecule has 1 saturated heterocycles. The molecule has 100 valence electrons. The van der Waals surface area contributed by atoms with Crippen LogP contribution in [-0.2, 0) is 6.42 Å². The highest BCUT2D eigenvalue weighted by Gasteiger charge is 2.29. The Morgan fingerprint density at radius 2 is 2.00 bits per heavy atom. The molecule has 0 spiro atoms. The molecule has 0 aliphatic carbocycles. The Hall–Kier alpha value is -0.390. The second-order valence-electron chi connectivity index (χ2n) is 5.61. The van der Waals surface area contributed by atoms with Gasteiger partial charge in [0.1, 0.15) is 10.4 Å². The molecule has 1 aromatic heterocycles. The van der Waals surface area contributed by atoms with Crippen LogP contribution >= 0.6 is 15.9 Å². The first-order chi connectivity index (χ1) is 8.66. The molecule has 0 amide bonds. The minimum atomic E-state index is 0.127. The summed E-state index contributed by atoms with van der Waals surface area (Å²) < 4.78 is 3.33. The SMILES string of the molecule is CN1CCC(c2nc(Br)c3n2C(N)CCC3)CC1. The van der Waals surface area contributed by atoms with Crippen molar-refractivity contribution in [3.63, 3.8) is 0 Å². The van der Waals surface area contributed by atoms with Crippen LogP contribution in [0, 0.1) is 0 Å². The number of halogens is 1. The zero-order valence-electron chi connectivity index (χ0n) is 10.9. The minimum absolute atomic E-state index is 0.127. The number of imidazole rings is 1. The van der Waals surface area contributed by atoms with Crippen LogP contribution in [0.2, 0.25) is 0 Å². The third-order valence-electron chi connectivity index (χ3n) is 4.32. The fourth-order valence-electron chi connectivity index (χ4n) is 3.21. The molecule has 5 heteroatoms. The molecule has 0 saturated carbocycles. The molecular formula is C13H21BrN4. The molecule has 1 atom stereocenters. The van der Waals surface area contributed by atoms with Crippen molar-refractivity contribution in [1.82, 2.24) is 14.5 Å². The predicted molar refractivity (Wildman–Crippen MR) is 75.6 cm³/mol. The Morgan fingerprint density at radius 1 is 1.28 bits per heavy atom. The number of hydrogen-bond acceptors (Lipinski definition) is 3. The van der Waals surface area contributed by atoms with E-state index in [9.17, 15) is 0 Å². The lowest BCUT2D eigenvalue weighted by Gasteiger charge is -2.31. The maximum atomic E-state index is 6.29. The van der Waals surface area contributed by atoms with E-state index in [2.05, 4.69) is 32.4 Å².